The summed E-state index contributed by atoms with van der Waals surface area (Å²) in [5.41, 5.74) is 6.81. The van der Waals surface area contributed by atoms with Crippen LogP contribution in [0.15, 0.2) is 18.2 Å². The lowest BCUT2D eigenvalue weighted by Gasteiger charge is -2.27. The molecule has 1 aromatic rings. The van der Waals surface area contributed by atoms with Gasteiger partial charge in [-0.1, -0.05) is 31.5 Å². The average Bonchev–Trinajstić information content (AvgIpc) is 2.36. The molecule has 2 N–H and O–H groups in total. The van der Waals surface area contributed by atoms with Gasteiger partial charge in [0.25, 0.3) is 0 Å². The predicted molar refractivity (Wildman–Crippen MR) is 80.0 cm³/mol. The van der Waals surface area contributed by atoms with E-state index in [1.165, 1.54) is 7.11 Å². The molecule has 112 valence electrons. The van der Waals surface area contributed by atoms with Crippen molar-refractivity contribution >= 4 is 17.6 Å². The maximum atomic E-state index is 11.4. The molecule has 0 aliphatic heterocycles. The van der Waals surface area contributed by atoms with Gasteiger partial charge in [-0.15, -0.1) is 0 Å². The molecule has 0 saturated carbocycles. The summed E-state index contributed by atoms with van der Waals surface area (Å²) in [6.07, 6.45) is 0.957. The standard InChI is InChI=1S/C15H22ClNO3/c1-15(2,9-14(18)20-4)8-13(17)11-6-5-10(19-3)7-12(11)16/h5-7,13H,8-9,17H2,1-4H3. The van der Waals surface area contributed by atoms with Gasteiger partial charge in [-0.05, 0) is 29.5 Å². The summed E-state index contributed by atoms with van der Waals surface area (Å²) < 4.78 is 9.82. The number of halogens is 1. The Labute approximate surface area is 125 Å². The van der Waals surface area contributed by atoms with Crippen LogP contribution in [0, 0.1) is 5.41 Å². The van der Waals surface area contributed by atoms with Crippen molar-refractivity contribution in [3.05, 3.63) is 28.8 Å². The van der Waals surface area contributed by atoms with Crippen LogP contribution < -0.4 is 10.5 Å². The van der Waals surface area contributed by atoms with Crippen LogP contribution in [0.1, 0.15) is 38.3 Å². The number of benzene rings is 1. The maximum absolute atomic E-state index is 11.4. The Kier molecular flexibility index (Phi) is 5.84. The first kappa shape index (κ1) is 16.8. The Morgan fingerprint density at radius 2 is 2.05 bits per heavy atom. The predicted octanol–water partition coefficient (Wildman–Crippen LogP) is 3.33. The topological polar surface area (TPSA) is 61.5 Å². The summed E-state index contributed by atoms with van der Waals surface area (Å²) in [5, 5.41) is 0.575. The van der Waals surface area contributed by atoms with Crippen LogP contribution in [0.5, 0.6) is 5.75 Å². The number of carbonyl (C=O) groups excluding carboxylic acids is 1. The van der Waals surface area contributed by atoms with Crippen LogP contribution in [0.4, 0.5) is 0 Å². The van der Waals surface area contributed by atoms with Crippen molar-refractivity contribution in [3.63, 3.8) is 0 Å². The molecule has 0 bridgehead atoms. The van der Waals surface area contributed by atoms with E-state index in [4.69, 9.17) is 26.8 Å². The molecule has 1 aromatic carbocycles. The minimum Gasteiger partial charge on any atom is -0.497 e. The van der Waals surface area contributed by atoms with E-state index in [0.717, 1.165) is 5.56 Å². The van der Waals surface area contributed by atoms with Crippen molar-refractivity contribution in [2.24, 2.45) is 11.1 Å². The summed E-state index contributed by atoms with van der Waals surface area (Å²) in [6.45, 7) is 3.97. The van der Waals surface area contributed by atoms with Crippen molar-refractivity contribution in [2.75, 3.05) is 14.2 Å². The third kappa shape index (κ3) is 4.69. The van der Waals surface area contributed by atoms with Crippen molar-refractivity contribution in [3.8, 4) is 5.75 Å². The van der Waals surface area contributed by atoms with Crippen molar-refractivity contribution < 1.29 is 14.3 Å². The van der Waals surface area contributed by atoms with Crippen LogP contribution in [-0.4, -0.2) is 20.2 Å². The van der Waals surface area contributed by atoms with Gasteiger partial charge in [0.05, 0.1) is 20.6 Å². The van der Waals surface area contributed by atoms with E-state index < -0.39 is 0 Å². The van der Waals surface area contributed by atoms with E-state index in [1.807, 2.05) is 26.0 Å². The fourth-order valence-corrected chi connectivity index (χ4v) is 2.49. The molecule has 1 unspecified atom stereocenters. The average molecular weight is 300 g/mol. The zero-order valence-corrected chi connectivity index (χ0v) is 13.2. The van der Waals surface area contributed by atoms with Gasteiger partial charge in [0.1, 0.15) is 5.75 Å². The quantitative estimate of drug-likeness (QED) is 0.819. The number of methoxy groups -OCH3 is 2. The van der Waals surface area contributed by atoms with Crippen molar-refractivity contribution in [2.45, 2.75) is 32.7 Å². The first-order chi connectivity index (χ1) is 9.29. The van der Waals surface area contributed by atoms with Crippen LogP contribution in [-0.2, 0) is 9.53 Å². The molecule has 1 rings (SSSR count). The van der Waals surface area contributed by atoms with Crippen molar-refractivity contribution in [1.29, 1.82) is 0 Å². The lowest BCUT2D eigenvalue weighted by molar-refractivity contribution is -0.143. The Balaban J connectivity index is 2.80. The van der Waals surface area contributed by atoms with Gasteiger partial charge in [0, 0.05) is 11.1 Å². The number of nitrogens with two attached hydrogens (primary N) is 1. The Hall–Kier alpha value is -1.26. The zero-order valence-electron chi connectivity index (χ0n) is 12.4. The van der Waals surface area contributed by atoms with Crippen LogP contribution in [0.3, 0.4) is 0 Å². The minimum atomic E-state index is -0.254. The van der Waals surface area contributed by atoms with Crippen LogP contribution >= 0.6 is 11.6 Å². The van der Waals surface area contributed by atoms with Gasteiger partial charge in [-0.25, -0.2) is 0 Å². The number of hydrogen-bond acceptors (Lipinski definition) is 4. The molecule has 0 fully saturated rings. The van der Waals surface area contributed by atoms with Crippen LogP contribution in [0.2, 0.25) is 5.02 Å². The molecule has 0 heterocycles. The minimum absolute atomic E-state index is 0.233. The summed E-state index contributed by atoms with van der Waals surface area (Å²) in [6, 6.07) is 5.19. The normalized spacial score (nSPS) is 12.9. The van der Waals surface area contributed by atoms with Crippen molar-refractivity contribution in [1.82, 2.24) is 0 Å². The molecule has 1 atom stereocenters. The SMILES string of the molecule is COC(=O)CC(C)(C)CC(N)c1ccc(OC)cc1Cl. The number of hydrogen-bond donors (Lipinski definition) is 1. The number of esters is 1. The highest BCUT2D eigenvalue weighted by Gasteiger charge is 2.26. The van der Waals surface area contributed by atoms with Gasteiger partial charge in [-0.3, -0.25) is 4.79 Å². The van der Waals surface area contributed by atoms with E-state index in [-0.39, 0.29) is 17.4 Å². The van der Waals surface area contributed by atoms with Gasteiger partial charge in [0.2, 0.25) is 0 Å². The fraction of sp³-hybridized carbons (Fsp3) is 0.533. The van der Waals surface area contributed by atoms with Gasteiger partial charge in [-0.2, -0.15) is 0 Å². The highest BCUT2D eigenvalue weighted by atomic mass is 35.5. The highest BCUT2D eigenvalue weighted by Crippen LogP contribution is 2.35. The van der Waals surface area contributed by atoms with Crippen LogP contribution in [0.25, 0.3) is 0 Å². The first-order valence-corrected chi connectivity index (χ1v) is 6.82. The van der Waals surface area contributed by atoms with E-state index in [9.17, 15) is 4.79 Å². The molecule has 20 heavy (non-hydrogen) atoms. The molecule has 5 heteroatoms. The second kappa shape index (κ2) is 6.95. The Morgan fingerprint density at radius 3 is 2.55 bits per heavy atom. The fourth-order valence-electron chi connectivity index (χ4n) is 2.18. The summed E-state index contributed by atoms with van der Waals surface area (Å²) in [7, 11) is 2.98. The molecule has 0 saturated heterocycles. The molecule has 4 nitrogen and oxygen atoms in total. The third-order valence-electron chi connectivity index (χ3n) is 3.23. The number of carbonyl (C=O) groups is 1. The molecule has 0 aromatic heterocycles. The number of ether oxygens (including phenoxy) is 2. The van der Waals surface area contributed by atoms with E-state index in [0.29, 0.717) is 23.6 Å². The Bertz CT molecular complexity index is 474. The lowest BCUT2D eigenvalue weighted by Crippen LogP contribution is -2.24. The molecule has 0 aliphatic carbocycles. The highest BCUT2D eigenvalue weighted by molar-refractivity contribution is 6.31. The van der Waals surface area contributed by atoms with Gasteiger partial charge < -0.3 is 15.2 Å². The smallest absolute Gasteiger partial charge is 0.306 e. The van der Waals surface area contributed by atoms with Gasteiger partial charge in [0.15, 0.2) is 0 Å². The van der Waals surface area contributed by atoms with E-state index >= 15 is 0 Å². The zero-order chi connectivity index (χ0) is 15.3. The monoisotopic (exact) mass is 299 g/mol. The second-order valence-electron chi connectivity index (χ2n) is 5.62. The largest absolute Gasteiger partial charge is 0.497 e. The molecular weight excluding hydrogens is 278 g/mol. The summed E-state index contributed by atoms with van der Waals surface area (Å²) in [4.78, 5) is 11.4. The number of rotatable bonds is 6. The molecular formula is C15H22ClNO3. The second-order valence-corrected chi connectivity index (χ2v) is 6.02. The summed E-state index contributed by atoms with van der Waals surface area (Å²) in [5.74, 6) is 0.461. The molecule has 0 spiro atoms. The molecule has 0 aliphatic rings. The van der Waals surface area contributed by atoms with E-state index in [2.05, 4.69) is 0 Å². The van der Waals surface area contributed by atoms with E-state index in [1.54, 1.807) is 13.2 Å². The molecule has 0 amide bonds. The molecule has 0 radical (unpaired) electrons. The maximum Gasteiger partial charge on any atom is 0.306 e. The van der Waals surface area contributed by atoms with Gasteiger partial charge >= 0.3 is 5.97 Å². The lowest BCUT2D eigenvalue weighted by atomic mass is 9.81. The third-order valence-corrected chi connectivity index (χ3v) is 3.56. The first-order valence-electron chi connectivity index (χ1n) is 6.45. The summed E-state index contributed by atoms with van der Waals surface area (Å²) >= 11 is 6.21. The Morgan fingerprint density at radius 1 is 1.40 bits per heavy atom.